The summed E-state index contributed by atoms with van der Waals surface area (Å²) in [4.78, 5) is 4.20. The number of hydrogen-bond donors (Lipinski definition) is 1. The maximum absolute atomic E-state index is 4.20. The average Bonchev–Trinajstić information content (AvgIpc) is 1.64. The van der Waals surface area contributed by atoms with Gasteiger partial charge < -0.3 is 5.32 Å². The van der Waals surface area contributed by atoms with Crippen LogP contribution in [0.3, 0.4) is 0 Å². The molecule has 0 amide bonds. The SMILES string of the molecule is CC1=N[C@H](C)C=CN1. The first-order valence-electron chi connectivity index (χ1n) is 2.76. The van der Waals surface area contributed by atoms with Gasteiger partial charge in [-0.25, -0.2) is 0 Å². The van der Waals surface area contributed by atoms with Gasteiger partial charge in [-0.05, 0) is 19.9 Å². The van der Waals surface area contributed by atoms with Crippen molar-refractivity contribution in [1.29, 1.82) is 0 Å². The van der Waals surface area contributed by atoms with E-state index in [4.69, 9.17) is 0 Å². The van der Waals surface area contributed by atoms with Crippen LogP contribution in [-0.2, 0) is 0 Å². The van der Waals surface area contributed by atoms with Crippen LogP contribution in [0.15, 0.2) is 17.3 Å². The fourth-order valence-electron chi connectivity index (χ4n) is 0.694. The molecule has 1 N–H and O–H groups in total. The van der Waals surface area contributed by atoms with Gasteiger partial charge in [0.1, 0.15) is 0 Å². The van der Waals surface area contributed by atoms with Crippen LogP contribution in [0, 0.1) is 0 Å². The van der Waals surface area contributed by atoms with Gasteiger partial charge in [0.25, 0.3) is 0 Å². The van der Waals surface area contributed by atoms with E-state index in [0.29, 0.717) is 6.04 Å². The number of nitrogens with zero attached hydrogens (tertiary/aromatic N) is 1. The molecule has 8 heavy (non-hydrogen) atoms. The minimum Gasteiger partial charge on any atom is -0.351 e. The van der Waals surface area contributed by atoms with E-state index in [1.165, 1.54) is 0 Å². The molecule has 44 valence electrons. The molecule has 1 rings (SSSR count). The Labute approximate surface area is 49.3 Å². The summed E-state index contributed by atoms with van der Waals surface area (Å²) in [5.74, 6) is 1.00. The molecule has 0 aromatic rings. The summed E-state index contributed by atoms with van der Waals surface area (Å²) in [7, 11) is 0. The summed E-state index contributed by atoms with van der Waals surface area (Å²) >= 11 is 0. The van der Waals surface area contributed by atoms with E-state index < -0.39 is 0 Å². The first-order chi connectivity index (χ1) is 3.79. The van der Waals surface area contributed by atoms with Crippen molar-refractivity contribution in [3.63, 3.8) is 0 Å². The molecule has 1 heterocycles. The summed E-state index contributed by atoms with van der Waals surface area (Å²) in [6, 6.07) is 0.358. The lowest BCUT2D eigenvalue weighted by atomic mass is 10.3. The zero-order valence-electron chi connectivity index (χ0n) is 5.18. The lowest BCUT2D eigenvalue weighted by Gasteiger charge is -2.08. The molecule has 0 unspecified atom stereocenters. The van der Waals surface area contributed by atoms with Gasteiger partial charge in [0.15, 0.2) is 0 Å². The van der Waals surface area contributed by atoms with Crippen LogP contribution >= 0.6 is 0 Å². The largest absolute Gasteiger partial charge is 0.351 e. The molecular weight excluding hydrogens is 100 g/mol. The van der Waals surface area contributed by atoms with Crippen LogP contribution in [0.1, 0.15) is 13.8 Å². The van der Waals surface area contributed by atoms with Crippen molar-refractivity contribution in [2.24, 2.45) is 4.99 Å². The number of aliphatic imine (C=N–C) groups is 1. The predicted molar refractivity (Wildman–Crippen MR) is 34.8 cm³/mol. The van der Waals surface area contributed by atoms with E-state index in [9.17, 15) is 0 Å². The minimum atomic E-state index is 0.358. The molecule has 2 heteroatoms. The van der Waals surface area contributed by atoms with Gasteiger partial charge in [-0.1, -0.05) is 0 Å². The van der Waals surface area contributed by atoms with Crippen molar-refractivity contribution in [3.8, 4) is 0 Å². The summed E-state index contributed by atoms with van der Waals surface area (Å²) in [6.07, 6.45) is 3.94. The zero-order valence-corrected chi connectivity index (χ0v) is 5.18. The second-order valence-corrected chi connectivity index (χ2v) is 1.96. The zero-order chi connectivity index (χ0) is 5.98. The van der Waals surface area contributed by atoms with Crippen LogP contribution in [0.4, 0.5) is 0 Å². The molecule has 0 radical (unpaired) electrons. The van der Waals surface area contributed by atoms with Crippen LogP contribution in [-0.4, -0.2) is 11.9 Å². The standard InChI is InChI=1S/C6H10N2/c1-5-3-4-7-6(2)8-5/h3-5H,1-2H3,(H,7,8)/t5-/m1/s1. The van der Waals surface area contributed by atoms with Crippen LogP contribution in [0.25, 0.3) is 0 Å². The van der Waals surface area contributed by atoms with Gasteiger partial charge in [0, 0.05) is 6.20 Å². The van der Waals surface area contributed by atoms with Gasteiger partial charge in [-0.2, -0.15) is 0 Å². The van der Waals surface area contributed by atoms with Gasteiger partial charge >= 0.3 is 0 Å². The maximum Gasteiger partial charge on any atom is 0.0978 e. The predicted octanol–water partition coefficient (Wildman–Crippen LogP) is 0.910. The molecule has 0 saturated carbocycles. The van der Waals surface area contributed by atoms with Crippen molar-refractivity contribution in [2.45, 2.75) is 19.9 Å². The van der Waals surface area contributed by atoms with Crippen molar-refractivity contribution in [3.05, 3.63) is 12.3 Å². The van der Waals surface area contributed by atoms with Crippen molar-refractivity contribution >= 4 is 5.84 Å². The number of amidine groups is 1. The Kier molecular flexibility index (Phi) is 1.33. The second-order valence-electron chi connectivity index (χ2n) is 1.96. The van der Waals surface area contributed by atoms with E-state index in [2.05, 4.69) is 17.2 Å². The highest BCUT2D eigenvalue weighted by molar-refractivity contribution is 5.81. The third kappa shape index (κ3) is 1.09. The summed E-state index contributed by atoms with van der Waals surface area (Å²) in [5.41, 5.74) is 0. The minimum absolute atomic E-state index is 0.358. The first kappa shape index (κ1) is 5.35. The fourth-order valence-corrected chi connectivity index (χ4v) is 0.694. The smallest absolute Gasteiger partial charge is 0.0978 e. The van der Waals surface area contributed by atoms with Crippen LogP contribution < -0.4 is 5.32 Å². The molecule has 0 spiro atoms. The highest BCUT2D eigenvalue weighted by atomic mass is 15.0. The van der Waals surface area contributed by atoms with Crippen molar-refractivity contribution < 1.29 is 0 Å². The lowest BCUT2D eigenvalue weighted by molar-refractivity contribution is 0.882. The molecule has 0 fully saturated rings. The third-order valence-corrected chi connectivity index (χ3v) is 1.06. The Morgan fingerprint density at radius 1 is 1.75 bits per heavy atom. The Hall–Kier alpha value is -0.790. The Morgan fingerprint density at radius 3 is 2.88 bits per heavy atom. The highest BCUT2D eigenvalue weighted by Crippen LogP contribution is 1.95. The van der Waals surface area contributed by atoms with E-state index in [1.54, 1.807) is 0 Å². The summed E-state index contributed by atoms with van der Waals surface area (Å²) < 4.78 is 0. The lowest BCUT2D eigenvalue weighted by Crippen LogP contribution is -2.19. The maximum atomic E-state index is 4.20. The number of hydrogen-bond acceptors (Lipinski definition) is 2. The number of nitrogens with one attached hydrogen (secondary N) is 1. The average molecular weight is 110 g/mol. The Bertz CT molecular complexity index is 135. The highest BCUT2D eigenvalue weighted by Gasteiger charge is 1.97. The van der Waals surface area contributed by atoms with Crippen LogP contribution in [0.2, 0.25) is 0 Å². The van der Waals surface area contributed by atoms with Crippen molar-refractivity contribution in [1.82, 2.24) is 5.32 Å². The van der Waals surface area contributed by atoms with Gasteiger partial charge in [0.05, 0.1) is 11.9 Å². The monoisotopic (exact) mass is 110 g/mol. The Morgan fingerprint density at radius 2 is 2.50 bits per heavy atom. The van der Waals surface area contributed by atoms with Gasteiger partial charge in [-0.3, -0.25) is 4.99 Å². The quantitative estimate of drug-likeness (QED) is 0.492. The first-order valence-corrected chi connectivity index (χ1v) is 2.76. The number of rotatable bonds is 0. The molecule has 0 aromatic carbocycles. The van der Waals surface area contributed by atoms with Gasteiger partial charge in [0.2, 0.25) is 0 Å². The molecule has 0 saturated heterocycles. The molecule has 0 aromatic heterocycles. The van der Waals surface area contributed by atoms with E-state index >= 15 is 0 Å². The Balaban J connectivity index is 2.60. The summed E-state index contributed by atoms with van der Waals surface area (Å²) in [5, 5.41) is 2.98. The molecule has 1 aliphatic heterocycles. The molecule has 2 nitrogen and oxygen atoms in total. The second kappa shape index (κ2) is 1.99. The molecule has 0 bridgehead atoms. The molecule has 1 atom stereocenters. The third-order valence-electron chi connectivity index (χ3n) is 1.06. The fraction of sp³-hybridized carbons (Fsp3) is 0.500. The van der Waals surface area contributed by atoms with Crippen LogP contribution in [0.5, 0.6) is 0 Å². The molecule has 1 aliphatic rings. The van der Waals surface area contributed by atoms with Crippen molar-refractivity contribution in [2.75, 3.05) is 0 Å². The van der Waals surface area contributed by atoms with E-state index in [0.717, 1.165) is 5.84 Å². The van der Waals surface area contributed by atoms with Gasteiger partial charge in [-0.15, -0.1) is 0 Å². The van der Waals surface area contributed by atoms with E-state index in [1.807, 2.05) is 19.2 Å². The molecular formula is C6H10N2. The normalized spacial score (nSPS) is 26.8. The molecule has 0 aliphatic carbocycles. The topological polar surface area (TPSA) is 24.4 Å². The summed E-state index contributed by atoms with van der Waals surface area (Å²) in [6.45, 7) is 4.01. The van der Waals surface area contributed by atoms with E-state index in [-0.39, 0.29) is 0 Å².